The Labute approximate surface area is 382 Å². The van der Waals surface area contributed by atoms with Crippen LogP contribution >= 0.6 is 11.3 Å². The van der Waals surface area contributed by atoms with Gasteiger partial charge in [-0.15, -0.1) is 11.3 Å². The van der Waals surface area contributed by atoms with Crippen LogP contribution < -0.4 is 21.3 Å². The zero-order valence-electron chi connectivity index (χ0n) is 35.9. The van der Waals surface area contributed by atoms with Crippen molar-refractivity contribution in [3.05, 3.63) is 148 Å². The Morgan fingerprint density at radius 1 is 0.585 bits per heavy atom. The second-order valence-corrected chi connectivity index (χ2v) is 17.8. The zero-order valence-corrected chi connectivity index (χ0v) is 36.8. The van der Waals surface area contributed by atoms with Crippen molar-refractivity contribution in [2.75, 3.05) is 18.4 Å². The normalized spacial score (nSPS) is 20.7. The number of benzene rings is 4. The fourth-order valence-electron chi connectivity index (χ4n) is 8.35. The maximum atomic E-state index is 14.7. The molecule has 13 nitrogen and oxygen atoms in total. The number of likely N-dealkylation sites (tertiary alicyclic amines) is 1. The standard InChI is InChI=1S/C51H53N5O8S/c57-45-31-39(50(62)56-25-23-38(24-26-56)51(63)64)28-34-15-19-40(20-16-34)52-46(58)21-22-47(59)53-44(32-41-12-7-27-65-41)49(61)55-43(48(60)54-42(45)29-33-8-3-1-4-9-33)30-35-13-17-37(18-14-35)36-10-5-2-6-11-36/h1-20,27,38-39,42-44H,21-26,28-32H2,(H,52,58)(H,53,59)(H,54,60)(H,55,61)(H,63,64)/t39-,42-,43+,44-/m1/s1. The molecule has 0 unspecified atom stereocenters. The van der Waals surface area contributed by atoms with Gasteiger partial charge in [-0.2, -0.15) is 0 Å². The van der Waals surface area contributed by atoms with Crippen LogP contribution in [-0.4, -0.2) is 82.5 Å². The molecule has 2 bridgehead atoms. The third kappa shape index (κ3) is 13.1. The van der Waals surface area contributed by atoms with E-state index in [1.54, 1.807) is 29.2 Å². The van der Waals surface area contributed by atoms with Crippen LogP contribution in [0.2, 0.25) is 0 Å². The molecule has 336 valence electrons. The number of anilines is 1. The minimum absolute atomic E-state index is 0.0436. The van der Waals surface area contributed by atoms with E-state index in [2.05, 4.69) is 21.3 Å². The molecule has 8 rings (SSSR count). The molecule has 0 spiro atoms. The molecule has 1 fully saturated rings. The number of carbonyl (C=O) groups excluding carboxylic acids is 6. The molecule has 65 heavy (non-hydrogen) atoms. The third-order valence-corrected chi connectivity index (χ3v) is 12.9. The van der Waals surface area contributed by atoms with E-state index in [0.29, 0.717) is 18.5 Å². The van der Waals surface area contributed by atoms with Gasteiger partial charge in [0.15, 0.2) is 5.78 Å². The van der Waals surface area contributed by atoms with Crippen LogP contribution in [0.5, 0.6) is 0 Å². The molecule has 5 amide bonds. The summed E-state index contributed by atoms with van der Waals surface area (Å²) >= 11 is 1.41. The van der Waals surface area contributed by atoms with Crippen LogP contribution in [0.1, 0.15) is 53.7 Å². The molecule has 1 aromatic heterocycles. The molecule has 0 radical (unpaired) electrons. The molecule has 5 N–H and O–H groups in total. The van der Waals surface area contributed by atoms with Crippen molar-refractivity contribution in [2.45, 2.75) is 75.9 Å². The summed E-state index contributed by atoms with van der Waals surface area (Å²) in [5.41, 5.74) is 4.66. The van der Waals surface area contributed by atoms with E-state index < -0.39 is 65.3 Å². The lowest BCUT2D eigenvalue weighted by atomic mass is 9.88. The monoisotopic (exact) mass is 895 g/mol. The van der Waals surface area contributed by atoms with Crippen LogP contribution in [0.4, 0.5) is 5.69 Å². The summed E-state index contributed by atoms with van der Waals surface area (Å²) in [5, 5.41) is 23.0. The van der Waals surface area contributed by atoms with Gasteiger partial charge >= 0.3 is 5.97 Å². The minimum atomic E-state index is -1.20. The van der Waals surface area contributed by atoms with Crippen molar-refractivity contribution < 1.29 is 38.7 Å². The quantitative estimate of drug-likeness (QED) is 0.115. The van der Waals surface area contributed by atoms with E-state index in [9.17, 15) is 38.7 Å². The smallest absolute Gasteiger partial charge is 0.306 e. The average Bonchev–Trinajstić information content (AvgIpc) is 3.84. The van der Waals surface area contributed by atoms with Gasteiger partial charge in [0, 0.05) is 61.7 Å². The molecule has 0 saturated carbocycles. The number of hydrogen-bond donors (Lipinski definition) is 5. The Morgan fingerprint density at radius 3 is 1.82 bits per heavy atom. The van der Waals surface area contributed by atoms with Gasteiger partial charge in [-0.3, -0.25) is 33.6 Å². The van der Waals surface area contributed by atoms with E-state index in [0.717, 1.165) is 32.7 Å². The number of carbonyl (C=O) groups is 7. The summed E-state index contributed by atoms with van der Waals surface area (Å²) in [6.45, 7) is 0.461. The number of aliphatic carboxylic acids is 1. The Hall–Kier alpha value is -6.93. The van der Waals surface area contributed by atoms with Gasteiger partial charge in [0.2, 0.25) is 29.5 Å². The first kappa shape index (κ1) is 46.1. The predicted molar refractivity (Wildman–Crippen MR) is 248 cm³/mol. The molecule has 1 saturated heterocycles. The van der Waals surface area contributed by atoms with Gasteiger partial charge in [-0.1, -0.05) is 103 Å². The van der Waals surface area contributed by atoms with Crippen LogP contribution in [0, 0.1) is 11.8 Å². The van der Waals surface area contributed by atoms with Crippen molar-refractivity contribution in [1.29, 1.82) is 0 Å². The highest BCUT2D eigenvalue weighted by Crippen LogP contribution is 2.25. The third-order valence-electron chi connectivity index (χ3n) is 12.0. The van der Waals surface area contributed by atoms with Crippen molar-refractivity contribution in [3.8, 4) is 11.1 Å². The lowest BCUT2D eigenvalue weighted by Crippen LogP contribution is -2.57. The number of Topliss-reactive ketones (excluding diaryl/α,β-unsaturated/α-hetero) is 1. The van der Waals surface area contributed by atoms with Crippen LogP contribution in [0.3, 0.4) is 0 Å². The number of amides is 5. The number of nitrogens with zero attached hydrogens (tertiary/aromatic N) is 1. The largest absolute Gasteiger partial charge is 0.481 e. The van der Waals surface area contributed by atoms with Crippen LogP contribution in [0.15, 0.2) is 127 Å². The molecule has 4 aromatic carbocycles. The van der Waals surface area contributed by atoms with Crippen LogP contribution in [-0.2, 0) is 59.2 Å². The maximum Gasteiger partial charge on any atom is 0.306 e. The van der Waals surface area contributed by atoms with E-state index in [1.807, 2.05) is 102 Å². The van der Waals surface area contributed by atoms with E-state index in [-0.39, 0.29) is 63.9 Å². The minimum Gasteiger partial charge on any atom is -0.481 e. The van der Waals surface area contributed by atoms with Gasteiger partial charge < -0.3 is 31.3 Å². The SMILES string of the molecule is O=C1CCC(=O)N[C@H](Cc2cccs2)C(=O)N[C@@H](Cc2ccc(-c3ccccc3)cc2)C(=O)N[C@H](Cc2ccccc2)C(=O)C[C@H](C(=O)N2CCC(C(=O)O)CC2)Cc2ccc(cc2)N1. The number of piperidine rings is 1. The lowest BCUT2D eigenvalue weighted by Gasteiger charge is -2.33. The lowest BCUT2D eigenvalue weighted by molar-refractivity contribution is -0.147. The molecule has 4 atom stereocenters. The zero-order chi connectivity index (χ0) is 45.7. The summed E-state index contributed by atoms with van der Waals surface area (Å²) in [5.74, 6) is -5.19. The first-order valence-corrected chi connectivity index (χ1v) is 22.9. The number of fused-ring (bicyclic) bond motifs is 18. The highest BCUT2D eigenvalue weighted by atomic mass is 32.1. The van der Waals surface area contributed by atoms with Gasteiger partial charge in [0.05, 0.1) is 12.0 Å². The highest BCUT2D eigenvalue weighted by molar-refractivity contribution is 7.09. The van der Waals surface area contributed by atoms with Crippen molar-refractivity contribution >= 4 is 58.3 Å². The molecular formula is C51H53N5O8S. The number of nitrogens with one attached hydrogen (secondary N) is 4. The highest BCUT2D eigenvalue weighted by Gasteiger charge is 2.35. The summed E-state index contributed by atoms with van der Waals surface area (Å²) in [7, 11) is 0. The predicted octanol–water partition coefficient (Wildman–Crippen LogP) is 5.77. The van der Waals surface area contributed by atoms with Gasteiger partial charge in [-0.05, 0) is 77.1 Å². The molecule has 5 aromatic rings. The molecular weight excluding hydrogens is 843 g/mol. The Morgan fingerprint density at radius 2 is 1.17 bits per heavy atom. The van der Waals surface area contributed by atoms with Gasteiger partial charge in [0.25, 0.3) is 0 Å². The number of ketones is 1. The summed E-state index contributed by atoms with van der Waals surface area (Å²) in [6, 6.07) is 33.8. The number of carboxylic acid groups (broad SMARTS) is 1. The molecule has 4 heterocycles. The number of rotatable bonds is 9. The van der Waals surface area contributed by atoms with Crippen molar-refractivity contribution in [1.82, 2.24) is 20.9 Å². The fraction of sp³-hybridized carbons (Fsp3) is 0.314. The van der Waals surface area contributed by atoms with E-state index >= 15 is 0 Å². The van der Waals surface area contributed by atoms with Crippen molar-refractivity contribution in [3.63, 3.8) is 0 Å². The Bertz CT molecular complexity index is 2440. The van der Waals surface area contributed by atoms with E-state index in [4.69, 9.17) is 0 Å². The van der Waals surface area contributed by atoms with Crippen molar-refractivity contribution in [2.24, 2.45) is 11.8 Å². The summed E-state index contributed by atoms with van der Waals surface area (Å²) < 4.78 is 0. The number of hydrogen-bond acceptors (Lipinski definition) is 8. The summed E-state index contributed by atoms with van der Waals surface area (Å²) in [4.78, 5) is 98.8. The summed E-state index contributed by atoms with van der Waals surface area (Å²) in [6.07, 6.45) is 0.425. The maximum absolute atomic E-state index is 14.7. The topological polar surface area (TPSA) is 191 Å². The second-order valence-electron chi connectivity index (χ2n) is 16.7. The average molecular weight is 896 g/mol. The molecule has 14 heteroatoms. The molecule has 3 aliphatic heterocycles. The van der Waals surface area contributed by atoms with Crippen LogP contribution in [0.25, 0.3) is 11.1 Å². The number of carboxylic acids is 1. The van der Waals surface area contributed by atoms with Gasteiger partial charge in [-0.25, -0.2) is 0 Å². The molecule has 3 aliphatic rings. The molecule has 0 aliphatic carbocycles. The Kier molecular flexibility index (Phi) is 15.7. The first-order valence-electron chi connectivity index (χ1n) is 22.0. The van der Waals surface area contributed by atoms with E-state index in [1.165, 1.54) is 11.3 Å². The number of thiophene rings is 1. The van der Waals surface area contributed by atoms with Gasteiger partial charge in [0.1, 0.15) is 12.1 Å². The first-order chi connectivity index (χ1) is 31.5. The fourth-order valence-corrected chi connectivity index (χ4v) is 9.10. The Balaban J connectivity index is 1.23. The second kappa shape index (κ2) is 22.1.